The van der Waals surface area contributed by atoms with E-state index in [0.717, 1.165) is 24.0 Å². The summed E-state index contributed by atoms with van der Waals surface area (Å²) in [5.74, 6) is -0.818. The lowest BCUT2D eigenvalue weighted by Crippen LogP contribution is -2.40. The molecule has 2 N–H and O–H groups in total. The van der Waals surface area contributed by atoms with E-state index in [1.807, 2.05) is 36.9 Å². The number of carbonyl (C=O) groups is 3. The lowest BCUT2D eigenvalue weighted by molar-refractivity contribution is -0.121. The Morgan fingerprint density at radius 1 is 1.09 bits per heavy atom. The molecule has 2 aliphatic rings. The first kappa shape index (κ1) is 22.7. The summed E-state index contributed by atoms with van der Waals surface area (Å²) >= 11 is 0. The van der Waals surface area contributed by atoms with E-state index in [1.165, 1.54) is 11.8 Å². The number of carbonyl (C=O) groups excluding carboxylic acids is 3. The van der Waals surface area contributed by atoms with Gasteiger partial charge in [0.15, 0.2) is 0 Å². The molecule has 172 valence electrons. The van der Waals surface area contributed by atoms with Gasteiger partial charge in [0.05, 0.1) is 11.3 Å². The number of nitrogens with zero attached hydrogens (tertiary/aromatic N) is 2. The molecule has 2 aromatic carbocycles. The SMILES string of the molecule is CC(=O)Nc1ccc(C2=C(N3CCCC(CO)C3)C(=O)N(c3cc(C)ccc3C)C2=O)cc1. The van der Waals surface area contributed by atoms with E-state index >= 15 is 0 Å². The first-order chi connectivity index (χ1) is 15.8. The van der Waals surface area contributed by atoms with Gasteiger partial charge in [-0.15, -0.1) is 0 Å². The van der Waals surface area contributed by atoms with Crippen molar-refractivity contribution in [2.24, 2.45) is 5.92 Å². The molecular weight excluding hydrogens is 418 g/mol. The molecule has 0 saturated carbocycles. The minimum absolute atomic E-state index is 0.0490. The topological polar surface area (TPSA) is 90.0 Å². The maximum atomic E-state index is 13.8. The van der Waals surface area contributed by atoms with Crippen LogP contribution < -0.4 is 10.2 Å². The molecule has 1 saturated heterocycles. The van der Waals surface area contributed by atoms with Gasteiger partial charge in [-0.2, -0.15) is 0 Å². The van der Waals surface area contributed by atoms with Gasteiger partial charge in [0, 0.05) is 32.3 Å². The molecule has 3 amide bonds. The molecule has 2 heterocycles. The summed E-state index contributed by atoms with van der Waals surface area (Å²) < 4.78 is 0. The minimum atomic E-state index is -0.359. The molecule has 0 bridgehead atoms. The summed E-state index contributed by atoms with van der Waals surface area (Å²) in [4.78, 5) is 42.1. The van der Waals surface area contributed by atoms with Crippen molar-refractivity contribution in [1.29, 1.82) is 0 Å². The van der Waals surface area contributed by atoms with Crippen LogP contribution in [-0.4, -0.2) is 47.4 Å². The Morgan fingerprint density at radius 3 is 2.48 bits per heavy atom. The number of aliphatic hydroxyl groups excluding tert-OH is 1. The van der Waals surface area contributed by atoms with E-state index in [-0.39, 0.29) is 30.2 Å². The van der Waals surface area contributed by atoms with Crippen LogP contribution in [0.4, 0.5) is 11.4 Å². The third-order valence-electron chi connectivity index (χ3n) is 6.25. The van der Waals surface area contributed by atoms with Crippen molar-refractivity contribution in [1.82, 2.24) is 4.90 Å². The quantitative estimate of drug-likeness (QED) is 0.687. The highest BCUT2D eigenvalue weighted by molar-refractivity contribution is 6.45. The van der Waals surface area contributed by atoms with Gasteiger partial charge in [-0.05, 0) is 67.5 Å². The lowest BCUT2D eigenvalue weighted by atomic mass is 9.97. The standard InChI is InChI=1S/C26H29N3O4/c1-16-6-7-17(2)22(13-16)29-25(32)23(20-8-10-21(11-9-20)27-18(3)31)24(26(29)33)28-12-4-5-19(14-28)15-30/h6-11,13,19,30H,4-5,12,14-15H2,1-3H3,(H,27,31). The smallest absolute Gasteiger partial charge is 0.282 e. The van der Waals surface area contributed by atoms with Crippen molar-refractivity contribution in [3.05, 3.63) is 64.9 Å². The van der Waals surface area contributed by atoms with Crippen molar-refractivity contribution >= 4 is 34.7 Å². The van der Waals surface area contributed by atoms with Crippen LogP contribution in [0.5, 0.6) is 0 Å². The van der Waals surface area contributed by atoms with Gasteiger partial charge < -0.3 is 15.3 Å². The number of aryl methyl sites for hydroxylation is 2. The predicted molar refractivity (Wildman–Crippen MR) is 127 cm³/mol. The number of hydrogen-bond donors (Lipinski definition) is 2. The van der Waals surface area contributed by atoms with E-state index < -0.39 is 0 Å². The second-order valence-electron chi connectivity index (χ2n) is 8.85. The Hall–Kier alpha value is -3.45. The maximum absolute atomic E-state index is 13.8. The molecule has 0 spiro atoms. The number of piperidine rings is 1. The van der Waals surface area contributed by atoms with Gasteiger partial charge in [-0.25, -0.2) is 4.90 Å². The van der Waals surface area contributed by atoms with Crippen LogP contribution in [0.25, 0.3) is 5.57 Å². The number of likely N-dealkylation sites (tertiary alicyclic amines) is 1. The fourth-order valence-corrected chi connectivity index (χ4v) is 4.59. The molecule has 1 unspecified atom stereocenters. The van der Waals surface area contributed by atoms with Crippen molar-refractivity contribution < 1.29 is 19.5 Å². The third-order valence-corrected chi connectivity index (χ3v) is 6.25. The third kappa shape index (κ3) is 4.41. The Labute approximate surface area is 193 Å². The van der Waals surface area contributed by atoms with Gasteiger partial charge in [-0.1, -0.05) is 24.3 Å². The summed E-state index contributed by atoms with van der Waals surface area (Å²) in [7, 11) is 0. The first-order valence-electron chi connectivity index (χ1n) is 11.2. The van der Waals surface area contributed by atoms with Crippen LogP contribution in [0.15, 0.2) is 48.2 Å². The first-order valence-corrected chi connectivity index (χ1v) is 11.2. The van der Waals surface area contributed by atoms with Gasteiger partial charge in [0.25, 0.3) is 11.8 Å². The molecule has 0 aliphatic carbocycles. The zero-order valence-electron chi connectivity index (χ0n) is 19.2. The molecule has 2 aliphatic heterocycles. The molecule has 0 radical (unpaired) electrons. The summed E-state index contributed by atoms with van der Waals surface area (Å²) in [6, 6.07) is 12.7. The molecular formula is C26H29N3O4. The van der Waals surface area contributed by atoms with Crippen molar-refractivity contribution in [2.75, 3.05) is 29.9 Å². The highest BCUT2D eigenvalue weighted by Crippen LogP contribution is 2.38. The van der Waals surface area contributed by atoms with Crippen LogP contribution in [0.3, 0.4) is 0 Å². The Bertz CT molecular complexity index is 1140. The second kappa shape index (κ2) is 9.19. The largest absolute Gasteiger partial charge is 0.396 e. The average molecular weight is 448 g/mol. The van der Waals surface area contributed by atoms with Crippen molar-refractivity contribution in [2.45, 2.75) is 33.6 Å². The summed E-state index contributed by atoms with van der Waals surface area (Å²) in [5, 5.41) is 12.4. The predicted octanol–water partition coefficient (Wildman–Crippen LogP) is 3.25. The van der Waals surface area contributed by atoms with E-state index in [9.17, 15) is 19.5 Å². The number of aliphatic hydroxyl groups is 1. The number of hydrogen-bond acceptors (Lipinski definition) is 5. The van der Waals surface area contributed by atoms with E-state index in [0.29, 0.717) is 41.3 Å². The molecule has 7 heteroatoms. The Morgan fingerprint density at radius 2 is 1.82 bits per heavy atom. The molecule has 7 nitrogen and oxygen atoms in total. The van der Waals surface area contributed by atoms with Gasteiger partial charge in [0.2, 0.25) is 5.91 Å². The normalized spacial score (nSPS) is 18.8. The van der Waals surface area contributed by atoms with E-state index in [4.69, 9.17) is 0 Å². The van der Waals surface area contributed by atoms with Crippen LogP contribution in [0.1, 0.15) is 36.5 Å². The average Bonchev–Trinajstić information content (AvgIpc) is 3.05. The van der Waals surface area contributed by atoms with Crippen LogP contribution >= 0.6 is 0 Å². The highest BCUT2D eigenvalue weighted by atomic mass is 16.3. The highest BCUT2D eigenvalue weighted by Gasteiger charge is 2.43. The summed E-state index contributed by atoms with van der Waals surface area (Å²) in [6.45, 7) is 6.48. The number of nitrogens with one attached hydrogen (secondary N) is 1. The fourth-order valence-electron chi connectivity index (χ4n) is 4.59. The van der Waals surface area contributed by atoms with Crippen molar-refractivity contribution in [3.63, 3.8) is 0 Å². The number of anilines is 2. The Balaban J connectivity index is 1.81. The monoisotopic (exact) mass is 447 g/mol. The fraction of sp³-hybridized carbons (Fsp3) is 0.346. The maximum Gasteiger partial charge on any atom is 0.282 e. The van der Waals surface area contributed by atoms with E-state index in [1.54, 1.807) is 24.3 Å². The zero-order chi connectivity index (χ0) is 23.7. The molecule has 4 rings (SSSR count). The van der Waals surface area contributed by atoms with Gasteiger partial charge in [-0.3, -0.25) is 14.4 Å². The van der Waals surface area contributed by atoms with Crippen LogP contribution in [-0.2, 0) is 14.4 Å². The summed E-state index contributed by atoms with van der Waals surface area (Å²) in [5.41, 5.74) is 4.37. The Kier molecular flexibility index (Phi) is 6.33. The minimum Gasteiger partial charge on any atom is -0.396 e. The molecule has 1 fully saturated rings. The van der Waals surface area contributed by atoms with Crippen LogP contribution in [0.2, 0.25) is 0 Å². The second-order valence-corrected chi connectivity index (χ2v) is 8.85. The molecule has 0 aromatic heterocycles. The molecule has 33 heavy (non-hydrogen) atoms. The number of imide groups is 1. The molecule has 2 aromatic rings. The number of amides is 3. The van der Waals surface area contributed by atoms with Crippen LogP contribution in [0, 0.1) is 19.8 Å². The zero-order valence-corrected chi connectivity index (χ0v) is 19.2. The van der Waals surface area contributed by atoms with E-state index in [2.05, 4.69) is 5.32 Å². The number of benzene rings is 2. The number of rotatable bonds is 5. The lowest BCUT2D eigenvalue weighted by Gasteiger charge is -2.34. The van der Waals surface area contributed by atoms with Crippen molar-refractivity contribution in [3.8, 4) is 0 Å². The van der Waals surface area contributed by atoms with Gasteiger partial charge >= 0.3 is 0 Å². The molecule has 1 atom stereocenters. The van der Waals surface area contributed by atoms with Gasteiger partial charge in [0.1, 0.15) is 5.70 Å². The summed E-state index contributed by atoms with van der Waals surface area (Å²) in [6.07, 6.45) is 1.73.